The van der Waals surface area contributed by atoms with Crippen molar-refractivity contribution in [3.8, 4) is 39.9 Å². The fraction of sp³-hybridized carbons (Fsp3) is 0.394. The highest BCUT2D eigenvalue weighted by atomic mass is 16.6. The van der Waals surface area contributed by atoms with Crippen molar-refractivity contribution >= 4 is 0 Å². The lowest BCUT2D eigenvalue weighted by atomic mass is 9.73. The van der Waals surface area contributed by atoms with E-state index >= 15 is 0 Å². The Morgan fingerprint density at radius 2 is 1.98 bits per heavy atom. The summed E-state index contributed by atoms with van der Waals surface area (Å²) in [5, 5.41) is 36.7. The molecule has 2 heterocycles. The van der Waals surface area contributed by atoms with Gasteiger partial charge < -0.3 is 39.6 Å². The largest absolute Gasteiger partial charge is 0.508 e. The summed E-state index contributed by atoms with van der Waals surface area (Å²) in [7, 11) is 3.37. The second kappa shape index (κ2) is 12.7. The molecule has 3 aromatic rings. The molecule has 0 aromatic heterocycles. The van der Waals surface area contributed by atoms with E-state index in [4.69, 9.17) is 18.9 Å². The number of quaternary nitrogens is 1. The van der Waals surface area contributed by atoms with Crippen LogP contribution in [0.25, 0.3) is 11.1 Å². The number of methoxy groups -OCH3 is 1. The van der Waals surface area contributed by atoms with Crippen LogP contribution in [-0.2, 0) is 17.6 Å². The molecular formula is C33H40N3O7+. The molecule has 10 heteroatoms. The van der Waals surface area contributed by atoms with Crippen LogP contribution in [0, 0.1) is 0 Å². The lowest BCUT2D eigenvalue weighted by Crippen LogP contribution is -3.07. The van der Waals surface area contributed by atoms with Crippen molar-refractivity contribution in [1.82, 2.24) is 10.6 Å². The van der Waals surface area contributed by atoms with Gasteiger partial charge in [0.15, 0.2) is 24.3 Å². The number of benzene rings is 3. The zero-order chi connectivity index (χ0) is 29.9. The molecule has 2 aliphatic heterocycles. The van der Waals surface area contributed by atoms with Crippen molar-refractivity contribution in [3.63, 3.8) is 0 Å². The Hall–Kier alpha value is -3.96. The molecule has 0 radical (unpaired) electrons. The number of hydrogen-bond donors (Lipinski definition) is 6. The van der Waals surface area contributed by atoms with Gasteiger partial charge in [-0.3, -0.25) is 10.2 Å². The number of ether oxygens (including phenoxy) is 4. The molecule has 0 amide bonds. The van der Waals surface area contributed by atoms with Gasteiger partial charge in [-0.2, -0.15) is 0 Å². The molecule has 228 valence electrons. The first kappa shape index (κ1) is 29.1. The quantitative estimate of drug-likeness (QED) is 0.187. The molecular weight excluding hydrogens is 550 g/mol. The van der Waals surface area contributed by atoms with E-state index in [0.29, 0.717) is 24.7 Å². The van der Waals surface area contributed by atoms with Crippen LogP contribution in [-0.4, -0.2) is 68.7 Å². The third-order valence-corrected chi connectivity index (χ3v) is 8.53. The lowest BCUT2D eigenvalue weighted by Gasteiger charge is -2.39. The minimum atomic E-state index is -0.462. The molecule has 10 nitrogen and oxygen atoms in total. The smallest absolute Gasteiger partial charge is 0.160 e. The van der Waals surface area contributed by atoms with Gasteiger partial charge in [0.2, 0.25) is 0 Å². The van der Waals surface area contributed by atoms with Crippen LogP contribution >= 0.6 is 0 Å². The Morgan fingerprint density at radius 1 is 1.09 bits per heavy atom. The predicted octanol–water partition coefficient (Wildman–Crippen LogP) is 2.33. The Labute approximate surface area is 251 Å². The second-order valence-corrected chi connectivity index (χ2v) is 11.2. The summed E-state index contributed by atoms with van der Waals surface area (Å²) in [6, 6.07) is 12.7. The van der Waals surface area contributed by atoms with Gasteiger partial charge in [0.25, 0.3) is 0 Å². The summed E-state index contributed by atoms with van der Waals surface area (Å²) in [4.78, 5) is 1.36. The molecule has 0 fully saturated rings. The summed E-state index contributed by atoms with van der Waals surface area (Å²) in [5.41, 5.74) is 6.18. The highest BCUT2D eigenvalue weighted by Crippen LogP contribution is 2.53. The number of fused-ring (bicyclic) bond motifs is 5. The van der Waals surface area contributed by atoms with Gasteiger partial charge in [-0.1, -0.05) is 12.1 Å². The zero-order valence-corrected chi connectivity index (χ0v) is 24.6. The highest BCUT2D eigenvalue weighted by Gasteiger charge is 2.39. The molecule has 3 aliphatic rings. The Morgan fingerprint density at radius 3 is 2.74 bits per heavy atom. The molecule has 6 N–H and O–H groups in total. The van der Waals surface area contributed by atoms with Crippen LogP contribution in [0.3, 0.4) is 0 Å². The van der Waals surface area contributed by atoms with Gasteiger partial charge >= 0.3 is 0 Å². The van der Waals surface area contributed by atoms with Crippen molar-refractivity contribution in [1.29, 1.82) is 0 Å². The molecule has 6 rings (SSSR count). The van der Waals surface area contributed by atoms with Gasteiger partial charge in [0, 0.05) is 30.0 Å². The van der Waals surface area contributed by atoms with E-state index in [1.54, 1.807) is 18.2 Å². The van der Waals surface area contributed by atoms with Crippen LogP contribution < -0.4 is 29.7 Å². The average Bonchev–Trinajstić information content (AvgIpc) is 3.55. The molecule has 1 aliphatic carbocycles. The first-order valence-corrected chi connectivity index (χ1v) is 14.8. The Balaban J connectivity index is 1.49. The number of aliphatic hydroxyl groups excluding tert-OH is 1. The van der Waals surface area contributed by atoms with E-state index in [2.05, 4.69) is 16.8 Å². The summed E-state index contributed by atoms with van der Waals surface area (Å²) in [6.07, 6.45) is 5.67. The van der Waals surface area contributed by atoms with E-state index in [9.17, 15) is 15.3 Å². The number of aliphatic hydroxyl groups is 1. The second-order valence-electron chi connectivity index (χ2n) is 11.2. The Bertz CT molecular complexity index is 1490. The van der Waals surface area contributed by atoms with Crippen molar-refractivity contribution in [3.05, 3.63) is 77.1 Å². The van der Waals surface area contributed by atoms with Crippen molar-refractivity contribution < 1.29 is 39.2 Å². The number of phenolic OH excluding ortho intramolecular Hbond substituents is 2. The van der Waals surface area contributed by atoms with Crippen LogP contribution in [0.1, 0.15) is 40.7 Å². The SMILES string of the molecule is CNCOC1Cc2c(cc(OCCO)c3c2C(CC[NH+]2C=CNC2)Cc2cc(O)ccc2-3)OC1c1ccc(O)c(OC)c1. The minimum Gasteiger partial charge on any atom is -0.508 e. The van der Waals surface area contributed by atoms with Crippen LogP contribution in [0.4, 0.5) is 0 Å². The number of rotatable bonds is 11. The summed E-state index contributed by atoms with van der Waals surface area (Å²) in [6.45, 7) is 2.17. The number of phenols is 2. The third kappa shape index (κ3) is 5.83. The molecule has 0 saturated heterocycles. The number of nitrogens with one attached hydrogen (secondary N) is 3. The molecule has 0 spiro atoms. The summed E-state index contributed by atoms with van der Waals surface area (Å²) in [5.74, 6) is 2.17. The fourth-order valence-corrected chi connectivity index (χ4v) is 6.58. The molecule has 4 unspecified atom stereocenters. The molecule has 4 atom stereocenters. The van der Waals surface area contributed by atoms with Crippen molar-refractivity contribution in [2.45, 2.75) is 37.4 Å². The highest BCUT2D eigenvalue weighted by molar-refractivity contribution is 5.83. The topological polar surface area (TPSA) is 126 Å². The maximum absolute atomic E-state index is 10.4. The summed E-state index contributed by atoms with van der Waals surface area (Å²) < 4.78 is 24.7. The third-order valence-electron chi connectivity index (χ3n) is 8.53. The molecule has 0 bridgehead atoms. The lowest BCUT2D eigenvalue weighted by molar-refractivity contribution is -0.843. The normalized spacial score (nSPS) is 21.7. The monoisotopic (exact) mass is 590 g/mol. The van der Waals surface area contributed by atoms with Crippen LogP contribution in [0.5, 0.6) is 28.7 Å². The first-order valence-electron chi connectivity index (χ1n) is 14.8. The van der Waals surface area contributed by atoms with E-state index < -0.39 is 6.10 Å². The van der Waals surface area contributed by atoms with Gasteiger partial charge in [-0.25, -0.2) is 0 Å². The van der Waals surface area contributed by atoms with Crippen LogP contribution in [0.15, 0.2) is 54.9 Å². The first-order chi connectivity index (χ1) is 21.0. The van der Waals surface area contributed by atoms with Crippen LogP contribution in [0.2, 0.25) is 0 Å². The van der Waals surface area contributed by atoms with Crippen molar-refractivity contribution in [2.24, 2.45) is 0 Å². The van der Waals surface area contributed by atoms with Gasteiger partial charge in [0.05, 0.1) is 33.2 Å². The number of hydrogen-bond acceptors (Lipinski definition) is 9. The van der Waals surface area contributed by atoms with E-state index in [1.807, 2.05) is 37.5 Å². The predicted molar refractivity (Wildman–Crippen MR) is 161 cm³/mol. The van der Waals surface area contributed by atoms with Gasteiger partial charge in [0.1, 0.15) is 36.2 Å². The Kier molecular flexibility index (Phi) is 8.62. The average molecular weight is 591 g/mol. The van der Waals surface area contributed by atoms with Gasteiger partial charge in [-0.05, 0) is 65.9 Å². The molecule has 3 aromatic carbocycles. The molecule has 0 saturated carbocycles. The van der Waals surface area contributed by atoms with E-state index in [-0.39, 0.29) is 36.7 Å². The van der Waals surface area contributed by atoms with E-state index in [0.717, 1.165) is 59.6 Å². The summed E-state index contributed by atoms with van der Waals surface area (Å²) >= 11 is 0. The fourth-order valence-electron chi connectivity index (χ4n) is 6.58. The number of aromatic hydroxyl groups is 2. The minimum absolute atomic E-state index is 0.0571. The van der Waals surface area contributed by atoms with Crippen molar-refractivity contribution in [2.75, 3.05) is 47.3 Å². The standard InChI is InChI=1S/C33H39N3O7/c1-34-19-42-30-16-25-27(43-33(30)21-3-6-26(39)28(15-21)40-2)17-29(41-12-11-37)32-24-5-4-23(38)14-22(24)13-20(31(25)32)7-9-36-10-8-35-18-36/h3-6,8,10,14-15,17,20,30,33-35,37-39H,7,9,11-13,16,18-19H2,1-2H3/p+1. The maximum atomic E-state index is 10.4. The van der Waals surface area contributed by atoms with Gasteiger partial charge in [-0.15, -0.1) is 0 Å². The molecule has 43 heavy (non-hydrogen) atoms. The van der Waals surface area contributed by atoms with E-state index in [1.165, 1.54) is 17.6 Å². The maximum Gasteiger partial charge on any atom is 0.160 e. The zero-order valence-electron chi connectivity index (χ0n) is 24.6.